The van der Waals surface area contributed by atoms with E-state index in [9.17, 15) is 0 Å². The van der Waals surface area contributed by atoms with Crippen LogP contribution in [0.2, 0.25) is 0 Å². The van der Waals surface area contributed by atoms with Crippen LogP contribution in [-0.2, 0) is 13.1 Å². The van der Waals surface area contributed by atoms with E-state index < -0.39 is 0 Å². The number of rotatable bonds is 4. The van der Waals surface area contributed by atoms with E-state index in [-0.39, 0.29) is 0 Å². The van der Waals surface area contributed by atoms with Crippen molar-refractivity contribution in [1.82, 2.24) is 4.90 Å². The van der Waals surface area contributed by atoms with Crippen LogP contribution in [0.5, 0.6) is 0 Å². The quantitative estimate of drug-likeness (QED) is 0.892. The fraction of sp³-hybridized carbons (Fsp3) is 0.733. The topological polar surface area (TPSA) is 42.4 Å². The Balaban J connectivity index is 1.86. The molecule has 18 heavy (non-hydrogen) atoms. The molecule has 0 radical (unpaired) electrons. The van der Waals surface area contributed by atoms with Gasteiger partial charge in [0.15, 0.2) is 0 Å². The van der Waals surface area contributed by atoms with Gasteiger partial charge in [-0.15, -0.1) is 0 Å². The molecule has 2 N–H and O–H groups in total. The normalized spacial score (nSPS) is 20.5. The van der Waals surface area contributed by atoms with E-state index in [2.05, 4.69) is 25.8 Å². The molecule has 0 aliphatic heterocycles. The Kier molecular flexibility index (Phi) is 4.13. The van der Waals surface area contributed by atoms with Crippen molar-refractivity contribution in [2.45, 2.75) is 58.7 Å². The Morgan fingerprint density at radius 2 is 1.89 bits per heavy atom. The summed E-state index contributed by atoms with van der Waals surface area (Å²) in [6.45, 7) is 6.14. The molecule has 0 amide bonds. The fourth-order valence-corrected chi connectivity index (χ4v) is 2.82. The van der Waals surface area contributed by atoms with Crippen molar-refractivity contribution in [3.63, 3.8) is 0 Å². The first kappa shape index (κ1) is 13.6. The molecule has 2 rings (SSSR count). The molecule has 102 valence electrons. The summed E-state index contributed by atoms with van der Waals surface area (Å²) in [5.41, 5.74) is 6.10. The van der Waals surface area contributed by atoms with Gasteiger partial charge in [-0.1, -0.05) is 13.8 Å². The van der Waals surface area contributed by atoms with Crippen molar-refractivity contribution in [2.75, 3.05) is 7.05 Å². The van der Waals surface area contributed by atoms with Crippen molar-refractivity contribution in [3.05, 3.63) is 23.7 Å². The lowest BCUT2D eigenvalue weighted by atomic mass is 9.75. The molecule has 1 fully saturated rings. The molecule has 0 bridgehead atoms. The highest BCUT2D eigenvalue weighted by Gasteiger charge is 2.28. The molecule has 1 aromatic rings. The van der Waals surface area contributed by atoms with Gasteiger partial charge in [-0.2, -0.15) is 0 Å². The van der Waals surface area contributed by atoms with E-state index in [0.717, 1.165) is 18.1 Å². The maximum absolute atomic E-state index is 5.67. The zero-order chi connectivity index (χ0) is 13.2. The summed E-state index contributed by atoms with van der Waals surface area (Å²) in [5, 5.41) is 0. The van der Waals surface area contributed by atoms with E-state index >= 15 is 0 Å². The highest BCUT2D eigenvalue weighted by molar-refractivity contribution is 5.07. The monoisotopic (exact) mass is 250 g/mol. The predicted octanol–water partition coefficient (Wildman–Crippen LogP) is 3.14. The van der Waals surface area contributed by atoms with Gasteiger partial charge in [-0.3, -0.25) is 4.90 Å². The lowest BCUT2D eigenvalue weighted by molar-refractivity contribution is 0.117. The molecular formula is C15H26N2O. The maximum Gasteiger partial charge on any atom is 0.118 e. The average Bonchev–Trinajstić information content (AvgIpc) is 2.76. The summed E-state index contributed by atoms with van der Waals surface area (Å²) in [6, 6.07) is 4.72. The highest BCUT2D eigenvalue weighted by atomic mass is 16.3. The largest absolute Gasteiger partial charge is 0.463 e. The highest BCUT2D eigenvalue weighted by Crippen LogP contribution is 2.36. The van der Waals surface area contributed by atoms with Gasteiger partial charge >= 0.3 is 0 Å². The van der Waals surface area contributed by atoms with Crippen LogP contribution in [0.1, 0.15) is 51.1 Å². The average molecular weight is 250 g/mol. The van der Waals surface area contributed by atoms with Crippen LogP contribution in [0.4, 0.5) is 0 Å². The Morgan fingerprint density at radius 3 is 2.44 bits per heavy atom. The van der Waals surface area contributed by atoms with Crippen molar-refractivity contribution >= 4 is 0 Å². The summed E-state index contributed by atoms with van der Waals surface area (Å²) in [4.78, 5) is 2.42. The molecule has 1 aliphatic rings. The van der Waals surface area contributed by atoms with Gasteiger partial charge in [0.05, 0.1) is 13.1 Å². The number of nitrogens with two attached hydrogens (primary N) is 1. The van der Waals surface area contributed by atoms with E-state index in [4.69, 9.17) is 10.2 Å². The summed E-state index contributed by atoms with van der Waals surface area (Å²) in [5.74, 6) is 1.91. The fourth-order valence-electron chi connectivity index (χ4n) is 2.82. The van der Waals surface area contributed by atoms with Gasteiger partial charge in [0, 0.05) is 6.04 Å². The Hall–Kier alpha value is -0.800. The minimum atomic E-state index is 0.487. The van der Waals surface area contributed by atoms with Gasteiger partial charge in [-0.05, 0) is 50.3 Å². The molecule has 0 saturated heterocycles. The second-order valence-corrected chi connectivity index (χ2v) is 6.38. The zero-order valence-electron chi connectivity index (χ0n) is 11.9. The molecule has 0 aromatic carbocycles. The Morgan fingerprint density at radius 1 is 1.28 bits per heavy atom. The molecular weight excluding hydrogens is 224 g/mol. The predicted molar refractivity (Wildman–Crippen MR) is 74.1 cm³/mol. The molecule has 0 unspecified atom stereocenters. The molecule has 1 saturated carbocycles. The molecule has 0 atom stereocenters. The smallest absolute Gasteiger partial charge is 0.118 e. The van der Waals surface area contributed by atoms with Crippen LogP contribution in [0, 0.1) is 5.41 Å². The van der Waals surface area contributed by atoms with Crippen molar-refractivity contribution in [2.24, 2.45) is 11.1 Å². The number of hydrogen-bond acceptors (Lipinski definition) is 3. The zero-order valence-corrected chi connectivity index (χ0v) is 11.9. The van der Waals surface area contributed by atoms with Gasteiger partial charge in [-0.25, -0.2) is 0 Å². The number of furan rings is 1. The maximum atomic E-state index is 5.67. The third-order valence-electron chi connectivity index (χ3n) is 4.26. The van der Waals surface area contributed by atoms with E-state index in [1.54, 1.807) is 0 Å². The lowest BCUT2D eigenvalue weighted by Gasteiger charge is -2.38. The summed E-state index contributed by atoms with van der Waals surface area (Å²) in [6.07, 6.45) is 5.25. The molecule has 1 heterocycles. The van der Waals surface area contributed by atoms with Crippen molar-refractivity contribution in [3.8, 4) is 0 Å². The molecule has 3 heteroatoms. The summed E-state index contributed by atoms with van der Waals surface area (Å²) in [7, 11) is 2.20. The number of hydrogen-bond donors (Lipinski definition) is 1. The third-order valence-corrected chi connectivity index (χ3v) is 4.26. The van der Waals surface area contributed by atoms with E-state index in [0.29, 0.717) is 18.0 Å². The van der Waals surface area contributed by atoms with Crippen molar-refractivity contribution in [1.29, 1.82) is 0 Å². The SMILES string of the molecule is CN(Cc1ccc(CN)o1)C1CCC(C)(C)CC1. The van der Waals surface area contributed by atoms with Crippen LogP contribution < -0.4 is 5.73 Å². The second-order valence-electron chi connectivity index (χ2n) is 6.38. The minimum Gasteiger partial charge on any atom is -0.463 e. The number of nitrogens with zero attached hydrogens (tertiary/aromatic N) is 1. The Bertz CT molecular complexity index is 374. The Labute approximate surface area is 110 Å². The van der Waals surface area contributed by atoms with Crippen LogP contribution in [0.3, 0.4) is 0 Å². The van der Waals surface area contributed by atoms with Crippen LogP contribution in [0.25, 0.3) is 0 Å². The standard InChI is InChI=1S/C15H26N2O/c1-15(2)8-6-12(7-9-15)17(3)11-14-5-4-13(10-16)18-14/h4-5,12H,6-11,16H2,1-3H3. The molecule has 1 aromatic heterocycles. The molecule has 3 nitrogen and oxygen atoms in total. The second kappa shape index (κ2) is 5.45. The van der Waals surface area contributed by atoms with Gasteiger partial charge in [0.1, 0.15) is 11.5 Å². The lowest BCUT2D eigenvalue weighted by Crippen LogP contribution is -2.36. The minimum absolute atomic E-state index is 0.487. The first-order valence-corrected chi connectivity index (χ1v) is 6.98. The third kappa shape index (κ3) is 3.36. The summed E-state index contributed by atoms with van der Waals surface area (Å²) < 4.78 is 5.67. The summed E-state index contributed by atoms with van der Waals surface area (Å²) >= 11 is 0. The van der Waals surface area contributed by atoms with Gasteiger partial charge in [0.2, 0.25) is 0 Å². The van der Waals surface area contributed by atoms with E-state index in [1.807, 2.05) is 12.1 Å². The van der Waals surface area contributed by atoms with E-state index in [1.165, 1.54) is 25.7 Å². The van der Waals surface area contributed by atoms with Gasteiger partial charge < -0.3 is 10.2 Å². The van der Waals surface area contributed by atoms with Crippen LogP contribution >= 0.6 is 0 Å². The van der Waals surface area contributed by atoms with Crippen LogP contribution in [-0.4, -0.2) is 18.0 Å². The first-order valence-electron chi connectivity index (χ1n) is 6.98. The molecule has 0 spiro atoms. The van der Waals surface area contributed by atoms with Gasteiger partial charge in [0.25, 0.3) is 0 Å². The van der Waals surface area contributed by atoms with Crippen molar-refractivity contribution < 1.29 is 4.42 Å². The first-order chi connectivity index (χ1) is 8.50. The van der Waals surface area contributed by atoms with Crippen LogP contribution in [0.15, 0.2) is 16.5 Å². The molecule has 1 aliphatic carbocycles.